The van der Waals surface area contributed by atoms with Crippen LogP contribution in [0.2, 0.25) is 0 Å². The fourth-order valence-corrected chi connectivity index (χ4v) is 2.49. The van der Waals surface area contributed by atoms with Gasteiger partial charge in [-0.1, -0.05) is 18.2 Å². The van der Waals surface area contributed by atoms with Crippen molar-refractivity contribution in [1.29, 1.82) is 0 Å². The van der Waals surface area contributed by atoms with Crippen LogP contribution in [0.15, 0.2) is 60.9 Å². The molecule has 28 heavy (non-hydrogen) atoms. The smallest absolute Gasteiger partial charge is 0.354 e. The Morgan fingerprint density at radius 3 is 2.07 bits per heavy atom. The molecule has 0 spiro atoms. The van der Waals surface area contributed by atoms with Crippen LogP contribution in [0.1, 0.15) is 10.5 Å². The van der Waals surface area contributed by atoms with Crippen molar-refractivity contribution in [3.63, 3.8) is 0 Å². The van der Waals surface area contributed by atoms with E-state index in [1.807, 2.05) is 24.3 Å². The number of carboxylic acid groups (broad SMARTS) is 3. The van der Waals surface area contributed by atoms with Gasteiger partial charge in [-0.15, -0.1) is 0 Å². The van der Waals surface area contributed by atoms with Gasteiger partial charge in [0.2, 0.25) is 0 Å². The summed E-state index contributed by atoms with van der Waals surface area (Å²) in [5.41, 5.74) is 2.52. The minimum Gasteiger partial charge on any atom is -0.478 e. The molecule has 0 atom stereocenters. The summed E-state index contributed by atoms with van der Waals surface area (Å²) in [6.45, 7) is 0. The molecule has 0 unspecified atom stereocenters. The predicted molar refractivity (Wildman–Crippen MR) is 102 cm³/mol. The lowest BCUT2D eigenvalue weighted by Crippen LogP contribution is -2.07. The highest BCUT2D eigenvalue weighted by Crippen LogP contribution is 2.32. The molecule has 2 heterocycles. The molecule has 2 aromatic heterocycles. The van der Waals surface area contributed by atoms with Crippen molar-refractivity contribution in [3.05, 3.63) is 66.6 Å². The number of carboxylic acids is 3. The van der Waals surface area contributed by atoms with Gasteiger partial charge >= 0.3 is 17.9 Å². The zero-order valence-corrected chi connectivity index (χ0v) is 14.7. The fourth-order valence-electron chi connectivity index (χ4n) is 2.49. The largest absolute Gasteiger partial charge is 0.478 e. The van der Waals surface area contributed by atoms with Gasteiger partial charge in [0.25, 0.3) is 0 Å². The van der Waals surface area contributed by atoms with Crippen LogP contribution in [0.4, 0.5) is 11.4 Å². The zero-order valence-electron chi connectivity index (χ0n) is 14.7. The molecule has 0 saturated carbocycles. The lowest BCUT2D eigenvalue weighted by Gasteiger charge is -2.06. The highest BCUT2D eigenvalue weighted by molar-refractivity contribution is 6.07. The molecule has 0 amide bonds. The summed E-state index contributed by atoms with van der Waals surface area (Å²) in [5.74, 6) is -3.47. The lowest BCUT2D eigenvalue weighted by atomic mass is 10.2. The molecule has 1 aromatic carbocycles. The van der Waals surface area contributed by atoms with Crippen LogP contribution in [0.3, 0.4) is 0 Å². The second kappa shape index (κ2) is 8.99. The summed E-state index contributed by atoms with van der Waals surface area (Å²) in [5, 5.41) is 29.1. The Bertz CT molecular complexity index is 1020. The van der Waals surface area contributed by atoms with Crippen molar-refractivity contribution in [2.45, 2.75) is 0 Å². The third kappa shape index (κ3) is 4.94. The van der Waals surface area contributed by atoms with Crippen molar-refractivity contribution in [3.8, 4) is 0 Å². The normalized spacial score (nSPS) is 10.3. The Balaban J connectivity index is 0.000000300. The van der Waals surface area contributed by atoms with E-state index in [0.717, 1.165) is 16.6 Å². The first-order chi connectivity index (χ1) is 13.3. The van der Waals surface area contributed by atoms with Gasteiger partial charge in [0.1, 0.15) is 0 Å². The van der Waals surface area contributed by atoms with E-state index in [4.69, 9.17) is 10.2 Å². The average molecular weight is 383 g/mol. The van der Waals surface area contributed by atoms with Crippen LogP contribution < -0.4 is 5.32 Å². The number of anilines is 2. The fraction of sp³-hybridized carbons (Fsp3) is 0.0526. The highest BCUT2D eigenvalue weighted by atomic mass is 16.4. The number of aliphatic carboxylic acids is 2. The minimum atomic E-state index is -1.26. The summed E-state index contributed by atoms with van der Waals surface area (Å²) in [6.07, 6.45) is 4.44. The number of rotatable bonds is 5. The van der Waals surface area contributed by atoms with Gasteiger partial charge in [0.05, 0.1) is 11.2 Å². The van der Waals surface area contributed by atoms with Crippen molar-refractivity contribution < 1.29 is 29.7 Å². The predicted octanol–water partition coefficient (Wildman–Crippen LogP) is 2.73. The number of aromatic nitrogens is 2. The number of pyridine rings is 1. The summed E-state index contributed by atoms with van der Waals surface area (Å²) in [4.78, 5) is 34.6. The zero-order chi connectivity index (χ0) is 20.7. The van der Waals surface area contributed by atoms with Crippen molar-refractivity contribution in [2.24, 2.45) is 7.05 Å². The van der Waals surface area contributed by atoms with Crippen molar-refractivity contribution in [1.82, 2.24) is 9.55 Å². The first-order valence-corrected chi connectivity index (χ1v) is 7.93. The third-order valence-electron chi connectivity index (χ3n) is 3.63. The van der Waals surface area contributed by atoms with Gasteiger partial charge in [0.15, 0.2) is 5.69 Å². The SMILES string of the molecule is Cn1c(C(=O)O)c(Nc2ccncc2)c2ccccc21.O=C(O)/C=C\C(=O)O. The molecule has 0 aliphatic heterocycles. The molecule has 3 rings (SSSR count). The number of carbonyl (C=O) groups is 3. The Kier molecular flexibility index (Phi) is 6.48. The molecule has 0 bridgehead atoms. The van der Waals surface area contributed by atoms with Crippen LogP contribution in [-0.2, 0) is 16.6 Å². The number of aromatic carboxylic acids is 1. The molecule has 3 aromatic rings. The molecular weight excluding hydrogens is 366 g/mol. The maximum Gasteiger partial charge on any atom is 0.354 e. The Morgan fingerprint density at radius 1 is 0.964 bits per heavy atom. The lowest BCUT2D eigenvalue weighted by molar-refractivity contribution is -0.134. The third-order valence-corrected chi connectivity index (χ3v) is 3.63. The number of hydrogen-bond donors (Lipinski definition) is 4. The van der Waals surface area contributed by atoms with Crippen LogP contribution in [0, 0.1) is 0 Å². The number of hydrogen-bond acceptors (Lipinski definition) is 5. The Labute approximate surface area is 159 Å². The summed E-state index contributed by atoms with van der Waals surface area (Å²) < 4.78 is 1.68. The summed E-state index contributed by atoms with van der Waals surface area (Å²) in [7, 11) is 1.75. The van der Waals surface area contributed by atoms with Crippen molar-refractivity contribution in [2.75, 3.05) is 5.32 Å². The minimum absolute atomic E-state index is 0.239. The second-order valence-corrected chi connectivity index (χ2v) is 5.48. The maximum absolute atomic E-state index is 11.5. The number of para-hydroxylation sites is 1. The maximum atomic E-state index is 11.5. The van der Waals surface area contributed by atoms with Gasteiger partial charge in [-0.3, -0.25) is 4.98 Å². The quantitative estimate of drug-likeness (QED) is 0.493. The molecular formula is C19H17N3O6. The molecule has 0 aliphatic rings. The monoisotopic (exact) mass is 383 g/mol. The number of fused-ring (bicyclic) bond motifs is 1. The van der Waals surface area contributed by atoms with Gasteiger partial charge in [-0.05, 0) is 18.2 Å². The van der Waals surface area contributed by atoms with Gasteiger partial charge in [-0.2, -0.15) is 0 Å². The van der Waals surface area contributed by atoms with Crippen LogP contribution in [0.5, 0.6) is 0 Å². The molecule has 9 heteroatoms. The molecule has 4 N–H and O–H groups in total. The van der Waals surface area contributed by atoms with E-state index in [1.54, 1.807) is 36.1 Å². The second-order valence-electron chi connectivity index (χ2n) is 5.48. The van der Waals surface area contributed by atoms with E-state index in [9.17, 15) is 19.5 Å². The van der Waals surface area contributed by atoms with Crippen LogP contribution >= 0.6 is 0 Å². The first kappa shape index (κ1) is 20.2. The summed E-state index contributed by atoms with van der Waals surface area (Å²) >= 11 is 0. The van der Waals surface area contributed by atoms with Crippen LogP contribution in [-0.4, -0.2) is 42.8 Å². The van der Waals surface area contributed by atoms with E-state index in [1.165, 1.54) is 0 Å². The van der Waals surface area contributed by atoms with E-state index in [0.29, 0.717) is 17.8 Å². The highest BCUT2D eigenvalue weighted by Gasteiger charge is 2.20. The number of benzene rings is 1. The molecule has 9 nitrogen and oxygen atoms in total. The van der Waals surface area contributed by atoms with Gasteiger partial charge in [-0.25, -0.2) is 14.4 Å². The van der Waals surface area contributed by atoms with E-state index >= 15 is 0 Å². The molecule has 0 saturated heterocycles. The molecule has 144 valence electrons. The topological polar surface area (TPSA) is 142 Å². The van der Waals surface area contributed by atoms with E-state index in [-0.39, 0.29) is 5.69 Å². The average Bonchev–Trinajstić information content (AvgIpc) is 2.94. The standard InChI is InChI=1S/C15H13N3O2.C4H4O4/c1-18-12-5-3-2-4-11(12)13(14(18)15(19)20)17-10-6-8-16-9-7-10;5-3(6)1-2-4(7)8/h2-9H,1H3,(H,16,17)(H,19,20);1-2H,(H,5,6)(H,7,8)/b;2-1-. The molecule has 0 aliphatic carbocycles. The Morgan fingerprint density at radius 2 is 1.54 bits per heavy atom. The van der Waals surface area contributed by atoms with Gasteiger partial charge in [0, 0.05) is 42.7 Å². The first-order valence-electron chi connectivity index (χ1n) is 7.93. The van der Waals surface area contributed by atoms with Crippen molar-refractivity contribution >= 4 is 40.2 Å². The van der Waals surface area contributed by atoms with Crippen LogP contribution in [0.25, 0.3) is 10.9 Å². The van der Waals surface area contributed by atoms with E-state index < -0.39 is 17.9 Å². The van der Waals surface area contributed by atoms with Gasteiger partial charge < -0.3 is 25.2 Å². The molecule has 0 fully saturated rings. The molecule has 0 radical (unpaired) electrons. The number of aryl methyl sites for hydroxylation is 1. The Hall–Kier alpha value is -4.14. The number of nitrogens with one attached hydrogen (secondary N) is 1. The summed E-state index contributed by atoms with van der Waals surface area (Å²) in [6, 6.07) is 11.2. The van der Waals surface area contributed by atoms with E-state index in [2.05, 4.69) is 10.3 Å². The number of nitrogens with zero attached hydrogens (tertiary/aromatic N) is 2.